The molecule has 0 atom stereocenters. The molecule has 0 saturated heterocycles. The Hall–Kier alpha value is -2.04. The Morgan fingerprint density at radius 2 is 2.00 bits per heavy atom. The van der Waals surface area contributed by atoms with E-state index in [1.807, 2.05) is 13.0 Å². The maximum atomic E-state index is 13.0. The number of aromatic nitrogens is 1. The van der Waals surface area contributed by atoms with E-state index in [9.17, 15) is 18.0 Å². The lowest BCUT2D eigenvalue weighted by Crippen LogP contribution is -2.13. The number of hydrogen-bond donors (Lipinski definition) is 1. The first-order valence-electron chi connectivity index (χ1n) is 6.32. The fourth-order valence-corrected chi connectivity index (χ4v) is 2.00. The standard InChI is InChI=1S/C15H14F3NO/c1-2-3-4-5-10-6-7-13-11(8-10)12(15(16,17)18)9-14(20)19-13/h4-9H,2-3H2,1H3,(H,19,20)/b5-4-. The molecule has 1 heterocycles. The minimum atomic E-state index is -4.54. The van der Waals surface area contributed by atoms with Gasteiger partial charge in [0.15, 0.2) is 0 Å². The van der Waals surface area contributed by atoms with Crippen molar-refractivity contribution in [3.63, 3.8) is 0 Å². The van der Waals surface area contributed by atoms with Crippen LogP contribution in [0.3, 0.4) is 0 Å². The monoisotopic (exact) mass is 281 g/mol. The second kappa shape index (κ2) is 5.53. The van der Waals surface area contributed by atoms with E-state index in [0.29, 0.717) is 11.6 Å². The highest BCUT2D eigenvalue weighted by Gasteiger charge is 2.33. The van der Waals surface area contributed by atoms with Crippen molar-refractivity contribution in [2.45, 2.75) is 25.9 Å². The van der Waals surface area contributed by atoms with Gasteiger partial charge in [-0.3, -0.25) is 4.79 Å². The number of halogens is 3. The average molecular weight is 281 g/mol. The molecule has 2 aromatic rings. The van der Waals surface area contributed by atoms with Gasteiger partial charge in [0, 0.05) is 17.0 Å². The molecule has 2 rings (SSSR count). The predicted octanol–water partition coefficient (Wildman–Crippen LogP) is 4.36. The van der Waals surface area contributed by atoms with E-state index in [4.69, 9.17) is 0 Å². The van der Waals surface area contributed by atoms with E-state index in [1.165, 1.54) is 12.1 Å². The Morgan fingerprint density at radius 1 is 1.25 bits per heavy atom. The average Bonchev–Trinajstić information content (AvgIpc) is 2.37. The van der Waals surface area contributed by atoms with Gasteiger partial charge < -0.3 is 4.98 Å². The molecule has 20 heavy (non-hydrogen) atoms. The zero-order valence-electron chi connectivity index (χ0n) is 10.9. The van der Waals surface area contributed by atoms with E-state index >= 15 is 0 Å². The Balaban J connectivity index is 2.60. The van der Waals surface area contributed by atoms with Crippen molar-refractivity contribution in [2.75, 3.05) is 0 Å². The maximum absolute atomic E-state index is 13.0. The predicted molar refractivity (Wildman–Crippen MR) is 73.5 cm³/mol. The molecule has 0 radical (unpaired) electrons. The van der Waals surface area contributed by atoms with Gasteiger partial charge >= 0.3 is 6.18 Å². The largest absolute Gasteiger partial charge is 0.417 e. The Kier molecular flexibility index (Phi) is 3.97. The number of nitrogens with one attached hydrogen (secondary N) is 1. The van der Waals surface area contributed by atoms with Gasteiger partial charge in [-0.1, -0.05) is 31.6 Å². The Labute approximate surface area is 113 Å². The molecule has 0 aliphatic heterocycles. The summed E-state index contributed by atoms with van der Waals surface area (Å²) >= 11 is 0. The quantitative estimate of drug-likeness (QED) is 0.890. The summed E-state index contributed by atoms with van der Waals surface area (Å²) in [6, 6.07) is 5.23. The second-order valence-electron chi connectivity index (χ2n) is 4.54. The molecule has 106 valence electrons. The van der Waals surface area contributed by atoms with E-state index in [2.05, 4.69) is 4.98 Å². The highest BCUT2D eigenvalue weighted by atomic mass is 19.4. The number of H-pyrrole nitrogens is 1. The number of fused-ring (bicyclic) bond motifs is 1. The smallest absolute Gasteiger partial charge is 0.322 e. The van der Waals surface area contributed by atoms with Crippen LogP contribution in [0.4, 0.5) is 13.2 Å². The number of pyridine rings is 1. The van der Waals surface area contributed by atoms with Crippen molar-refractivity contribution in [2.24, 2.45) is 0 Å². The van der Waals surface area contributed by atoms with Crippen molar-refractivity contribution < 1.29 is 13.2 Å². The molecule has 0 unspecified atom stereocenters. The van der Waals surface area contributed by atoms with Crippen LogP contribution in [0.5, 0.6) is 0 Å². The SMILES string of the molecule is CCC/C=C\c1ccc2[nH]c(=O)cc(C(F)(F)F)c2c1. The Bertz CT molecular complexity index is 698. The second-order valence-corrected chi connectivity index (χ2v) is 4.54. The summed E-state index contributed by atoms with van der Waals surface area (Å²) in [5, 5.41) is 0.00995. The van der Waals surface area contributed by atoms with Crippen LogP contribution in [0.25, 0.3) is 17.0 Å². The van der Waals surface area contributed by atoms with Gasteiger partial charge in [0.2, 0.25) is 5.56 Å². The van der Waals surface area contributed by atoms with Gasteiger partial charge in [0.1, 0.15) is 0 Å². The zero-order valence-corrected chi connectivity index (χ0v) is 10.9. The summed E-state index contributed by atoms with van der Waals surface area (Å²) in [4.78, 5) is 13.7. The summed E-state index contributed by atoms with van der Waals surface area (Å²) in [7, 11) is 0. The molecule has 5 heteroatoms. The van der Waals surface area contributed by atoms with Crippen LogP contribution in [0.15, 0.2) is 35.1 Å². The summed E-state index contributed by atoms with van der Waals surface area (Å²) in [6.45, 7) is 2.03. The van der Waals surface area contributed by atoms with Crippen LogP contribution in [0.1, 0.15) is 30.9 Å². The molecule has 0 aliphatic rings. The van der Waals surface area contributed by atoms with Crippen molar-refractivity contribution >= 4 is 17.0 Å². The van der Waals surface area contributed by atoms with Crippen LogP contribution >= 0.6 is 0 Å². The fourth-order valence-electron chi connectivity index (χ4n) is 2.00. The van der Waals surface area contributed by atoms with Gasteiger partial charge in [-0.05, 0) is 24.1 Å². The topological polar surface area (TPSA) is 32.9 Å². The molecule has 0 aliphatic carbocycles. The first-order valence-corrected chi connectivity index (χ1v) is 6.32. The molecular weight excluding hydrogens is 267 g/mol. The van der Waals surface area contributed by atoms with E-state index < -0.39 is 17.3 Å². The fraction of sp³-hybridized carbons (Fsp3) is 0.267. The zero-order chi connectivity index (χ0) is 14.8. The van der Waals surface area contributed by atoms with E-state index in [-0.39, 0.29) is 10.9 Å². The highest BCUT2D eigenvalue weighted by Crippen LogP contribution is 2.33. The van der Waals surface area contributed by atoms with Gasteiger partial charge in [-0.2, -0.15) is 13.2 Å². The molecule has 1 aromatic carbocycles. The molecule has 0 fully saturated rings. The minimum Gasteiger partial charge on any atom is -0.322 e. The third kappa shape index (κ3) is 3.10. The molecule has 1 N–H and O–H groups in total. The third-order valence-corrected chi connectivity index (χ3v) is 2.94. The van der Waals surface area contributed by atoms with Gasteiger partial charge in [-0.15, -0.1) is 0 Å². The lowest BCUT2D eigenvalue weighted by Gasteiger charge is -2.10. The minimum absolute atomic E-state index is 0.00995. The lowest BCUT2D eigenvalue weighted by molar-refractivity contribution is -0.136. The van der Waals surface area contributed by atoms with Crippen molar-refractivity contribution in [1.29, 1.82) is 0 Å². The number of aromatic amines is 1. The molecule has 1 aromatic heterocycles. The number of hydrogen-bond acceptors (Lipinski definition) is 1. The van der Waals surface area contributed by atoms with Gasteiger partial charge in [-0.25, -0.2) is 0 Å². The molecule has 0 bridgehead atoms. The summed E-state index contributed by atoms with van der Waals surface area (Å²) in [5.41, 5.74) is -0.776. The van der Waals surface area contributed by atoms with Crippen LogP contribution in [-0.4, -0.2) is 4.98 Å². The van der Waals surface area contributed by atoms with Gasteiger partial charge in [0.05, 0.1) is 5.56 Å². The Morgan fingerprint density at radius 3 is 2.65 bits per heavy atom. The van der Waals surface area contributed by atoms with Gasteiger partial charge in [0.25, 0.3) is 0 Å². The summed E-state index contributed by atoms with van der Waals surface area (Å²) in [5.74, 6) is 0. The van der Waals surface area contributed by atoms with Crippen molar-refractivity contribution in [3.05, 3.63) is 51.8 Å². The van der Waals surface area contributed by atoms with E-state index in [1.54, 1.807) is 12.1 Å². The normalized spacial score (nSPS) is 12.4. The van der Waals surface area contributed by atoms with Crippen molar-refractivity contribution in [3.8, 4) is 0 Å². The number of allylic oxidation sites excluding steroid dienone is 1. The van der Waals surface area contributed by atoms with Crippen molar-refractivity contribution in [1.82, 2.24) is 4.98 Å². The third-order valence-electron chi connectivity index (χ3n) is 2.94. The number of rotatable bonds is 3. The lowest BCUT2D eigenvalue weighted by atomic mass is 10.0. The molecule has 0 amide bonds. The van der Waals surface area contributed by atoms with E-state index in [0.717, 1.165) is 12.8 Å². The number of unbranched alkanes of at least 4 members (excludes halogenated alkanes) is 1. The summed E-state index contributed by atoms with van der Waals surface area (Å²) in [6.07, 6.45) is 1.01. The first kappa shape index (κ1) is 14.4. The summed E-state index contributed by atoms with van der Waals surface area (Å²) < 4.78 is 38.9. The van der Waals surface area contributed by atoms with Crippen LogP contribution < -0.4 is 5.56 Å². The maximum Gasteiger partial charge on any atom is 0.417 e. The number of benzene rings is 1. The first-order chi connectivity index (χ1) is 9.41. The molecular formula is C15H14F3NO. The molecule has 0 saturated carbocycles. The molecule has 0 spiro atoms. The van der Waals surface area contributed by atoms with Crippen LogP contribution in [0.2, 0.25) is 0 Å². The van der Waals surface area contributed by atoms with Crippen LogP contribution in [0, 0.1) is 0 Å². The highest BCUT2D eigenvalue weighted by molar-refractivity contribution is 5.84. The molecule has 2 nitrogen and oxygen atoms in total. The number of alkyl halides is 3. The van der Waals surface area contributed by atoms with Crippen LogP contribution in [-0.2, 0) is 6.18 Å².